The third-order valence-corrected chi connectivity index (χ3v) is 4.11. The van der Waals surface area contributed by atoms with Gasteiger partial charge in [-0.3, -0.25) is 0 Å². The maximum absolute atomic E-state index is 12.5. The van der Waals surface area contributed by atoms with Gasteiger partial charge in [-0.15, -0.1) is 0 Å². The quantitative estimate of drug-likeness (QED) is 0.765. The predicted molar refractivity (Wildman–Crippen MR) is 50.3 cm³/mol. The molecule has 2 rings (SSSR count). The molecule has 0 heterocycles. The molecule has 105 valence electrons. The van der Waals surface area contributed by atoms with E-state index >= 15 is 0 Å². The van der Waals surface area contributed by atoms with Gasteiger partial charge in [-0.1, -0.05) is 0 Å². The smallest absolute Gasteiger partial charge is 0.374 e. The third-order valence-electron chi connectivity index (χ3n) is 4.11. The summed E-state index contributed by atoms with van der Waals surface area (Å²) in [5.74, 6) is -0.756. The van der Waals surface area contributed by atoms with Crippen molar-refractivity contribution in [1.29, 1.82) is 0 Å². The molecule has 2 fully saturated rings. The van der Waals surface area contributed by atoms with Gasteiger partial charge in [-0.05, 0) is 49.9 Å². The summed E-state index contributed by atoms with van der Waals surface area (Å²) in [4.78, 5) is 0. The van der Waals surface area contributed by atoms with Crippen LogP contribution in [0, 0.1) is 24.2 Å². The molecule has 7 heteroatoms. The van der Waals surface area contributed by atoms with Crippen LogP contribution >= 0.6 is 0 Å². The van der Waals surface area contributed by atoms with Crippen molar-refractivity contribution >= 4 is 0 Å². The zero-order chi connectivity index (χ0) is 13.8. The first kappa shape index (κ1) is 14.0. The Labute approximate surface area is 100 Å². The van der Waals surface area contributed by atoms with Crippen LogP contribution in [0.1, 0.15) is 25.7 Å². The molecule has 0 saturated heterocycles. The van der Waals surface area contributed by atoms with Crippen LogP contribution in [-0.4, -0.2) is 23.1 Å². The summed E-state index contributed by atoms with van der Waals surface area (Å²) in [5, 5.41) is 9.11. The van der Waals surface area contributed by atoms with Crippen LogP contribution in [0.15, 0.2) is 0 Å². The lowest BCUT2D eigenvalue weighted by Crippen LogP contribution is -2.58. The van der Waals surface area contributed by atoms with Gasteiger partial charge in [0.05, 0.1) is 0 Å². The van der Waals surface area contributed by atoms with Crippen molar-refractivity contribution in [2.75, 3.05) is 0 Å². The van der Waals surface area contributed by atoms with E-state index in [1.165, 1.54) is 0 Å². The molecule has 0 aromatic rings. The van der Waals surface area contributed by atoms with Crippen molar-refractivity contribution in [3.63, 3.8) is 0 Å². The molecule has 1 N–H and O–H groups in total. The molecule has 0 amide bonds. The lowest BCUT2D eigenvalue weighted by atomic mass is 9.79. The van der Waals surface area contributed by atoms with Crippen molar-refractivity contribution in [3.8, 4) is 0 Å². The molecule has 0 aliphatic heterocycles. The highest BCUT2D eigenvalue weighted by Gasteiger charge is 2.71. The van der Waals surface area contributed by atoms with Gasteiger partial charge in [0.25, 0.3) is 5.60 Å². The Kier molecular flexibility index (Phi) is 3.11. The largest absolute Gasteiger partial charge is 0.426 e. The summed E-state index contributed by atoms with van der Waals surface area (Å²) in [5.41, 5.74) is -4.58. The normalized spacial score (nSPS) is 33.2. The minimum atomic E-state index is -5.69. The summed E-state index contributed by atoms with van der Waals surface area (Å²) in [6.45, 7) is 0. The summed E-state index contributed by atoms with van der Waals surface area (Å²) in [6, 6.07) is 0. The molecule has 1 radical (unpaired) electrons. The molecular weight excluding hydrogens is 262 g/mol. The first-order valence-electron chi connectivity index (χ1n) is 5.74. The highest BCUT2D eigenvalue weighted by Crippen LogP contribution is 2.54. The number of halogens is 6. The lowest BCUT2D eigenvalue weighted by molar-refractivity contribution is -0.373. The van der Waals surface area contributed by atoms with Gasteiger partial charge in [-0.25, -0.2) is 0 Å². The van der Waals surface area contributed by atoms with Crippen molar-refractivity contribution in [2.45, 2.75) is 43.6 Å². The highest BCUT2D eigenvalue weighted by atomic mass is 19.4. The SMILES string of the molecule is OC(CC1CC2C[CH]C1C2)(C(F)(F)F)C(F)(F)F. The topological polar surface area (TPSA) is 20.2 Å². The van der Waals surface area contributed by atoms with Gasteiger partial charge in [-0.2, -0.15) is 26.3 Å². The first-order valence-corrected chi connectivity index (χ1v) is 5.74. The zero-order valence-electron chi connectivity index (χ0n) is 9.35. The number of fused-ring (bicyclic) bond motifs is 2. The minimum absolute atomic E-state index is 0.186. The number of hydrogen-bond acceptors (Lipinski definition) is 1. The summed E-state index contributed by atoms with van der Waals surface area (Å²) in [7, 11) is 0. The van der Waals surface area contributed by atoms with Crippen LogP contribution in [0.25, 0.3) is 0 Å². The fraction of sp³-hybridized carbons (Fsp3) is 0.909. The Morgan fingerprint density at radius 1 is 1.00 bits per heavy atom. The summed E-state index contributed by atoms with van der Waals surface area (Å²) < 4.78 is 75.1. The predicted octanol–water partition coefficient (Wildman–Crippen LogP) is 3.48. The van der Waals surface area contributed by atoms with E-state index in [2.05, 4.69) is 0 Å². The van der Waals surface area contributed by atoms with E-state index in [0.29, 0.717) is 12.8 Å². The second-order valence-electron chi connectivity index (χ2n) is 5.29. The molecular formula is C11H13F6O. The Balaban J connectivity index is 2.17. The first-order chi connectivity index (χ1) is 8.04. The number of alkyl halides is 6. The average Bonchev–Trinajstić information content (AvgIpc) is 2.75. The molecule has 1 nitrogen and oxygen atoms in total. The summed E-state index contributed by atoms with van der Waals surface area (Å²) >= 11 is 0. The summed E-state index contributed by atoms with van der Waals surface area (Å²) in [6.07, 6.45) is -9.12. The monoisotopic (exact) mass is 275 g/mol. The Morgan fingerprint density at radius 2 is 1.56 bits per heavy atom. The van der Waals surface area contributed by atoms with Crippen LogP contribution in [0.3, 0.4) is 0 Å². The van der Waals surface area contributed by atoms with Crippen molar-refractivity contribution in [2.24, 2.45) is 17.8 Å². The number of rotatable bonds is 2. The zero-order valence-corrected chi connectivity index (χ0v) is 9.35. The van der Waals surface area contributed by atoms with E-state index in [0.717, 1.165) is 6.42 Å². The van der Waals surface area contributed by atoms with E-state index in [4.69, 9.17) is 5.11 Å². The second kappa shape index (κ2) is 4.02. The maximum atomic E-state index is 12.5. The fourth-order valence-electron chi connectivity index (χ4n) is 3.13. The molecule has 3 unspecified atom stereocenters. The third kappa shape index (κ3) is 2.10. The van der Waals surface area contributed by atoms with Crippen molar-refractivity contribution in [1.82, 2.24) is 0 Å². The standard InChI is InChI=1S/C11H13F6O/c12-10(13,14)9(18,11(15,16)17)5-8-4-6-1-2-7(8)3-6/h2,6-8,18H,1,3-5H2. The highest BCUT2D eigenvalue weighted by molar-refractivity contribution is 5.05. The molecule has 18 heavy (non-hydrogen) atoms. The van der Waals surface area contributed by atoms with Crippen LogP contribution in [0.2, 0.25) is 0 Å². The van der Waals surface area contributed by atoms with Gasteiger partial charge in [0.2, 0.25) is 0 Å². The van der Waals surface area contributed by atoms with Gasteiger partial charge < -0.3 is 5.11 Å². The maximum Gasteiger partial charge on any atom is 0.426 e. The van der Waals surface area contributed by atoms with Gasteiger partial charge in [0.1, 0.15) is 0 Å². The lowest BCUT2D eigenvalue weighted by Gasteiger charge is -2.36. The molecule has 0 aromatic carbocycles. The van der Waals surface area contributed by atoms with Gasteiger partial charge in [0.15, 0.2) is 0 Å². The minimum Gasteiger partial charge on any atom is -0.374 e. The van der Waals surface area contributed by atoms with E-state index in [9.17, 15) is 26.3 Å². The van der Waals surface area contributed by atoms with Crippen LogP contribution in [0.4, 0.5) is 26.3 Å². The van der Waals surface area contributed by atoms with Crippen molar-refractivity contribution in [3.05, 3.63) is 6.42 Å². The van der Waals surface area contributed by atoms with Crippen molar-refractivity contribution < 1.29 is 31.4 Å². The van der Waals surface area contributed by atoms with Crippen LogP contribution < -0.4 is 0 Å². The average molecular weight is 275 g/mol. The molecule has 0 aromatic heterocycles. The molecule has 3 atom stereocenters. The second-order valence-corrected chi connectivity index (χ2v) is 5.29. The van der Waals surface area contributed by atoms with E-state index in [-0.39, 0.29) is 11.8 Å². The fourth-order valence-corrected chi connectivity index (χ4v) is 3.13. The Morgan fingerprint density at radius 3 is 1.89 bits per heavy atom. The Hall–Kier alpha value is -0.460. The molecule has 2 saturated carbocycles. The van der Waals surface area contributed by atoms with Gasteiger partial charge in [0, 0.05) is 0 Å². The number of hydrogen-bond donors (Lipinski definition) is 1. The molecule has 2 aliphatic carbocycles. The van der Waals surface area contributed by atoms with E-state index in [1.807, 2.05) is 0 Å². The Bertz CT molecular complexity index is 306. The van der Waals surface area contributed by atoms with Crippen LogP contribution in [-0.2, 0) is 0 Å². The van der Waals surface area contributed by atoms with E-state index in [1.54, 1.807) is 6.42 Å². The van der Waals surface area contributed by atoms with E-state index < -0.39 is 30.3 Å². The molecule has 2 bridgehead atoms. The molecule has 0 spiro atoms. The van der Waals surface area contributed by atoms with Crippen LogP contribution in [0.5, 0.6) is 0 Å². The van der Waals surface area contributed by atoms with Gasteiger partial charge >= 0.3 is 12.4 Å². The molecule has 2 aliphatic rings. The number of aliphatic hydroxyl groups is 1.